The van der Waals surface area contributed by atoms with Gasteiger partial charge in [0.25, 0.3) is 10.0 Å². The van der Waals surface area contributed by atoms with Crippen LogP contribution in [-0.2, 0) is 26.2 Å². The molecule has 40 heavy (non-hydrogen) atoms. The average molecular weight is 564 g/mol. The van der Waals surface area contributed by atoms with Crippen molar-refractivity contribution in [2.45, 2.75) is 71.9 Å². The van der Waals surface area contributed by atoms with Crippen LogP contribution in [0.5, 0.6) is 0 Å². The van der Waals surface area contributed by atoms with Crippen LogP contribution in [0.15, 0.2) is 71.6 Å². The van der Waals surface area contributed by atoms with E-state index in [1.807, 2.05) is 77.9 Å². The molecule has 0 saturated carbocycles. The van der Waals surface area contributed by atoms with E-state index in [4.69, 9.17) is 0 Å². The summed E-state index contributed by atoms with van der Waals surface area (Å²) < 4.78 is 29.3. The number of nitrogens with one attached hydrogen (secondary N) is 1. The topological polar surface area (TPSA) is 86.8 Å². The third-order valence-electron chi connectivity index (χ3n) is 6.89. The Morgan fingerprint density at radius 1 is 0.850 bits per heavy atom. The van der Waals surface area contributed by atoms with Crippen molar-refractivity contribution in [2.75, 3.05) is 17.4 Å². The largest absolute Gasteiger partial charge is 0.354 e. The summed E-state index contributed by atoms with van der Waals surface area (Å²) in [5, 5.41) is 2.91. The van der Waals surface area contributed by atoms with Crippen LogP contribution in [0.2, 0.25) is 0 Å². The van der Waals surface area contributed by atoms with Gasteiger partial charge in [0, 0.05) is 13.1 Å². The molecule has 0 aliphatic carbocycles. The van der Waals surface area contributed by atoms with Gasteiger partial charge in [-0.25, -0.2) is 8.42 Å². The lowest BCUT2D eigenvalue weighted by Crippen LogP contribution is -2.52. The van der Waals surface area contributed by atoms with Gasteiger partial charge in [-0.2, -0.15) is 0 Å². The van der Waals surface area contributed by atoms with Crippen molar-refractivity contribution < 1.29 is 18.0 Å². The lowest BCUT2D eigenvalue weighted by Gasteiger charge is -2.33. The predicted molar refractivity (Wildman–Crippen MR) is 161 cm³/mol. The van der Waals surface area contributed by atoms with Crippen molar-refractivity contribution >= 4 is 27.5 Å². The van der Waals surface area contributed by atoms with E-state index in [-0.39, 0.29) is 17.3 Å². The predicted octanol–water partition coefficient (Wildman–Crippen LogP) is 5.45. The fourth-order valence-corrected chi connectivity index (χ4v) is 6.10. The van der Waals surface area contributed by atoms with Crippen LogP contribution in [0.4, 0.5) is 5.69 Å². The van der Waals surface area contributed by atoms with Crippen molar-refractivity contribution in [1.29, 1.82) is 0 Å². The Labute approximate surface area is 239 Å². The molecule has 0 heterocycles. The van der Waals surface area contributed by atoms with Crippen molar-refractivity contribution in [1.82, 2.24) is 10.2 Å². The summed E-state index contributed by atoms with van der Waals surface area (Å²) in [6.07, 6.45) is 1.16. The van der Waals surface area contributed by atoms with E-state index < -0.39 is 28.5 Å². The number of benzene rings is 3. The molecule has 3 rings (SSSR count). The fraction of sp³-hybridized carbons (Fsp3) is 0.375. The lowest BCUT2D eigenvalue weighted by atomic mass is 10.1. The van der Waals surface area contributed by atoms with Crippen LogP contribution in [0, 0.1) is 27.7 Å². The van der Waals surface area contributed by atoms with E-state index in [2.05, 4.69) is 5.32 Å². The first-order chi connectivity index (χ1) is 19.0. The quantitative estimate of drug-likeness (QED) is 0.318. The van der Waals surface area contributed by atoms with Gasteiger partial charge < -0.3 is 10.2 Å². The highest BCUT2D eigenvalue weighted by atomic mass is 32.2. The molecular formula is C32H41N3O4S. The van der Waals surface area contributed by atoms with E-state index in [9.17, 15) is 18.0 Å². The monoisotopic (exact) mass is 563 g/mol. The first kappa shape index (κ1) is 30.9. The van der Waals surface area contributed by atoms with Crippen molar-refractivity contribution in [3.8, 4) is 0 Å². The Kier molecular flexibility index (Phi) is 10.5. The molecule has 0 bridgehead atoms. The zero-order chi connectivity index (χ0) is 29.4. The minimum atomic E-state index is -4.10. The maximum absolute atomic E-state index is 14.2. The second-order valence-corrected chi connectivity index (χ2v) is 12.2. The lowest BCUT2D eigenvalue weighted by molar-refractivity contribution is -0.140. The minimum Gasteiger partial charge on any atom is -0.354 e. The van der Waals surface area contributed by atoms with Crippen LogP contribution >= 0.6 is 0 Å². The van der Waals surface area contributed by atoms with Crippen LogP contribution < -0.4 is 9.62 Å². The molecule has 1 N–H and O–H groups in total. The van der Waals surface area contributed by atoms with Crippen molar-refractivity contribution in [3.63, 3.8) is 0 Å². The molecule has 0 spiro atoms. The molecule has 214 valence electrons. The first-order valence-corrected chi connectivity index (χ1v) is 15.2. The van der Waals surface area contributed by atoms with Gasteiger partial charge in [0.15, 0.2) is 0 Å². The van der Waals surface area contributed by atoms with Crippen molar-refractivity contribution in [3.05, 3.63) is 94.5 Å². The summed E-state index contributed by atoms with van der Waals surface area (Å²) in [6, 6.07) is 19.2. The van der Waals surface area contributed by atoms with Gasteiger partial charge in [-0.15, -0.1) is 0 Å². The fourth-order valence-electron chi connectivity index (χ4n) is 4.63. The summed E-state index contributed by atoms with van der Waals surface area (Å²) in [7, 11) is -4.10. The van der Waals surface area contributed by atoms with Gasteiger partial charge in [-0.1, -0.05) is 73.5 Å². The van der Waals surface area contributed by atoms with Gasteiger partial charge in [-0.3, -0.25) is 13.9 Å². The van der Waals surface area contributed by atoms with E-state index in [1.54, 1.807) is 30.3 Å². The number of amides is 2. The Morgan fingerprint density at radius 3 is 2.12 bits per heavy atom. The van der Waals surface area contributed by atoms with Gasteiger partial charge in [-0.05, 0) is 75.4 Å². The molecular weight excluding hydrogens is 522 g/mol. The number of carbonyl (C=O) groups excluding carboxylic acids is 2. The summed E-state index contributed by atoms with van der Waals surface area (Å²) >= 11 is 0. The molecule has 0 fully saturated rings. The molecule has 0 aromatic heterocycles. The minimum absolute atomic E-state index is 0.102. The summed E-state index contributed by atoms with van der Waals surface area (Å²) in [4.78, 5) is 29.0. The SMILES string of the molecule is CCCNC(=O)[C@@H](CC)N(Cc1cccc(C)c1)C(=O)CN(c1cc(C)ccc1C)S(=O)(=O)c1ccc(C)cc1. The zero-order valence-corrected chi connectivity index (χ0v) is 25.2. The van der Waals surface area contributed by atoms with E-state index >= 15 is 0 Å². The third kappa shape index (κ3) is 7.50. The second-order valence-electron chi connectivity index (χ2n) is 10.3. The van der Waals surface area contributed by atoms with E-state index in [0.717, 1.165) is 34.2 Å². The molecule has 3 aromatic carbocycles. The Bertz CT molecular complexity index is 1430. The third-order valence-corrected chi connectivity index (χ3v) is 8.67. The van der Waals surface area contributed by atoms with Crippen molar-refractivity contribution in [2.24, 2.45) is 0 Å². The summed E-state index contributed by atoms with van der Waals surface area (Å²) in [5.74, 6) is -0.693. The normalized spacial score (nSPS) is 12.1. The van der Waals surface area contributed by atoms with E-state index in [0.29, 0.717) is 18.7 Å². The Balaban J connectivity index is 2.10. The highest BCUT2D eigenvalue weighted by Gasteiger charge is 2.34. The first-order valence-electron chi connectivity index (χ1n) is 13.8. The number of aryl methyl sites for hydroxylation is 4. The number of rotatable bonds is 12. The van der Waals surface area contributed by atoms with Gasteiger partial charge in [0.1, 0.15) is 12.6 Å². The zero-order valence-electron chi connectivity index (χ0n) is 24.4. The number of hydrogen-bond acceptors (Lipinski definition) is 4. The number of sulfonamides is 1. The molecule has 2 amide bonds. The highest BCUT2D eigenvalue weighted by Crippen LogP contribution is 2.29. The molecule has 8 heteroatoms. The number of carbonyl (C=O) groups is 2. The number of anilines is 1. The molecule has 7 nitrogen and oxygen atoms in total. The maximum Gasteiger partial charge on any atom is 0.264 e. The number of hydrogen-bond donors (Lipinski definition) is 1. The molecule has 0 radical (unpaired) electrons. The second kappa shape index (κ2) is 13.6. The molecule has 1 atom stereocenters. The average Bonchev–Trinajstić information content (AvgIpc) is 2.92. The smallest absolute Gasteiger partial charge is 0.264 e. The Hall–Kier alpha value is -3.65. The van der Waals surface area contributed by atoms with Crippen LogP contribution in [0.3, 0.4) is 0 Å². The summed E-state index contributed by atoms with van der Waals surface area (Å²) in [5.41, 5.74) is 4.88. The van der Waals surface area contributed by atoms with Crippen LogP contribution in [0.1, 0.15) is 54.5 Å². The summed E-state index contributed by atoms with van der Waals surface area (Å²) in [6.45, 7) is 11.6. The van der Waals surface area contributed by atoms with E-state index in [1.165, 1.54) is 9.21 Å². The molecule has 0 aliphatic rings. The Morgan fingerprint density at radius 2 is 1.50 bits per heavy atom. The molecule has 0 saturated heterocycles. The molecule has 0 unspecified atom stereocenters. The van der Waals surface area contributed by atoms with Crippen LogP contribution in [-0.4, -0.2) is 44.3 Å². The maximum atomic E-state index is 14.2. The highest BCUT2D eigenvalue weighted by molar-refractivity contribution is 7.92. The van der Waals surface area contributed by atoms with Gasteiger partial charge >= 0.3 is 0 Å². The van der Waals surface area contributed by atoms with Crippen LogP contribution in [0.25, 0.3) is 0 Å². The van der Waals surface area contributed by atoms with Gasteiger partial charge in [0.05, 0.1) is 10.6 Å². The molecule has 0 aliphatic heterocycles. The standard InChI is InChI=1S/C32H41N3O4S/c1-7-18-33-32(37)29(8-2)34(21-27-11-9-10-24(4)19-27)31(36)22-35(30-20-25(5)12-15-26(30)6)40(38,39)28-16-13-23(3)14-17-28/h9-17,19-20,29H,7-8,18,21-22H2,1-6H3,(H,33,37)/t29-/m1/s1. The van der Waals surface area contributed by atoms with Gasteiger partial charge in [0.2, 0.25) is 11.8 Å². The number of nitrogens with zero attached hydrogens (tertiary/aromatic N) is 2. The molecule has 3 aromatic rings.